The zero-order valence-corrected chi connectivity index (χ0v) is 8.69. The lowest BCUT2D eigenvalue weighted by atomic mass is 10.1. The van der Waals surface area contributed by atoms with Crippen molar-refractivity contribution in [2.45, 2.75) is 12.5 Å². The summed E-state index contributed by atoms with van der Waals surface area (Å²) in [5, 5.41) is 32.8. The first-order chi connectivity index (χ1) is 6.10. The van der Waals surface area contributed by atoms with Crippen LogP contribution >= 0.6 is 8.58 Å². The molecule has 6 heteroatoms. The van der Waals surface area contributed by atoms with Gasteiger partial charge in [-0.3, -0.25) is 0 Å². The van der Waals surface area contributed by atoms with Crippen LogP contribution in [-0.2, 0) is 0 Å². The minimum absolute atomic E-state index is 0.403. The Kier molecular flexibility index (Phi) is 11.5. The number of nitrogens with two attached hydrogens (primary N) is 1. The van der Waals surface area contributed by atoms with Gasteiger partial charge in [-0.2, -0.15) is 5.26 Å². The Bertz CT molecular complexity index is 137. The van der Waals surface area contributed by atoms with E-state index in [0.717, 1.165) is 6.16 Å². The van der Waals surface area contributed by atoms with E-state index in [2.05, 4.69) is 0 Å². The van der Waals surface area contributed by atoms with Gasteiger partial charge in [0.25, 0.3) is 0 Å². The average molecular weight is 208 g/mol. The summed E-state index contributed by atoms with van der Waals surface area (Å²) < 4.78 is 0. The van der Waals surface area contributed by atoms with E-state index in [0.29, 0.717) is 8.58 Å². The predicted molar refractivity (Wildman–Crippen MR) is 52.6 cm³/mol. The van der Waals surface area contributed by atoms with Gasteiger partial charge in [0.1, 0.15) is 0 Å². The lowest BCUT2D eigenvalue weighted by Crippen LogP contribution is -2.50. The number of hydrogen-bond acceptors (Lipinski definition) is 5. The summed E-state index contributed by atoms with van der Waals surface area (Å²) in [6.07, 6.45) is 1.01. The molecule has 0 aliphatic rings. The van der Waals surface area contributed by atoms with Gasteiger partial charge < -0.3 is 21.1 Å². The number of rotatable bonds is 4. The maximum Gasteiger partial charge on any atom is 0.0856 e. The van der Waals surface area contributed by atoms with Gasteiger partial charge in [0.05, 0.1) is 31.2 Å². The molecule has 1 unspecified atom stereocenters. The highest BCUT2D eigenvalue weighted by molar-refractivity contribution is 7.43. The van der Waals surface area contributed by atoms with E-state index in [1.165, 1.54) is 0 Å². The fourth-order valence-corrected chi connectivity index (χ4v) is 0.387. The first-order valence-electron chi connectivity index (χ1n) is 3.83. The summed E-state index contributed by atoms with van der Waals surface area (Å²) in [7, 11) is 0.503. The third-order valence-electron chi connectivity index (χ3n) is 1.20. The van der Waals surface area contributed by atoms with Crippen LogP contribution in [0.15, 0.2) is 0 Å². The summed E-state index contributed by atoms with van der Waals surface area (Å²) in [6, 6.07) is 0. The molecule has 0 rings (SSSR count). The van der Waals surface area contributed by atoms with Crippen molar-refractivity contribution in [2.75, 3.05) is 26.0 Å². The van der Waals surface area contributed by atoms with E-state index in [1.807, 2.05) is 12.7 Å². The van der Waals surface area contributed by atoms with Crippen LogP contribution in [-0.4, -0.2) is 46.8 Å². The average Bonchev–Trinajstić information content (AvgIpc) is 2.19. The zero-order valence-electron chi connectivity index (χ0n) is 7.69. The molecule has 0 heterocycles. The molecule has 78 valence electrons. The molecule has 0 amide bonds. The highest BCUT2D eigenvalue weighted by atomic mass is 31.1. The van der Waals surface area contributed by atoms with E-state index in [1.54, 1.807) is 0 Å². The Balaban J connectivity index is 0. The van der Waals surface area contributed by atoms with Crippen molar-refractivity contribution in [1.82, 2.24) is 0 Å². The highest BCUT2D eigenvalue weighted by Gasteiger charge is 2.20. The summed E-state index contributed by atoms with van der Waals surface area (Å²) >= 11 is 0. The first kappa shape index (κ1) is 15.2. The molecule has 0 aromatic carbocycles. The molecule has 0 aliphatic carbocycles. The van der Waals surface area contributed by atoms with E-state index >= 15 is 0 Å². The fourth-order valence-electron chi connectivity index (χ4n) is 0.229. The molecule has 0 radical (unpaired) electrons. The van der Waals surface area contributed by atoms with Crippen molar-refractivity contribution in [3.05, 3.63) is 0 Å². The second-order valence-electron chi connectivity index (χ2n) is 2.48. The molecule has 0 aliphatic heterocycles. The van der Waals surface area contributed by atoms with E-state index < -0.39 is 25.4 Å². The Morgan fingerprint density at radius 1 is 1.31 bits per heavy atom. The van der Waals surface area contributed by atoms with E-state index in [9.17, 15) is 0 Å². The molecular formula is C7H17N2O3P. The minimum atomic E-state index is -1.21. The SMILES string of the molecule is CCPC#N.NC(CO)(CO)CO. The quantitative estimate of drug-likeness (QED) is 0.435. The number of nitriles is 1. The molecule has 0 bridgehead atoms. The number of hydrogen-bond donors (Lipinski definition) is 4. The smallest absolute Gasteiger partial charge is 0.0856 e. The van der Waals surface area contributed by atoms with Crippen molar-refractivity contribution >= 4 is 8.58 Å². The normalized spacial score (nSPS) is 10.8. The summed E-state index contributed by atoms with van der Waals surface area (Å²) in [5.74, 6) is 2.05. The van der Waals surface area contributed by atoms with Gasteiger partial charge >= 0.3 is 0 Å². The van der Waals surface area contributed by atoms with Gasteiger partial charge in [-0.1, -0.05) is 6.92 Å². The third-order valence-corrected chi connectivity index (χ3v) is 1.71. The topological polar surface area (TPSA) is 111 Å². The molecule has 5 nitrogen and oxygen atoms in total. The Labute approximate surface area is 80.0 Å². The first-order valence-corrected chi connectivity index (χ1v) is 5.04. The maximum absolute atomic E-state index is 8.34. The van der Waals surface area contributed by atoms with E-state index in [4.69, 9.17) is 26.3 Å². The molecule has 13 heavy (non-hydrogen) atoms. The van der Waals surface area contributed by atoms with Crippen LogP contribution in [0.25, 0.3) is 0 Å². The van der Waals surface area contributed by atoms with Gasteiger partial charge in [-0.05, 0) is 14.7 Å². The minimum Gasteiger partial charge on any atom is -0.394 e. The molecule has 0 fully saturated rings. The highest BCUT2D eigenvalue weighted by Crippen LogP contribution is 2.01. The van der Waals surface area contributed by atoms with Crippen LogP contribution < -0.4 is 5.73 Å². The van der Waals surface area contributed by atoms with Crippen LogP contribution in [0, 0.1) is 11.1 Å². The molecule has 0 spiro atoms. The van der Waals surface area contributed by atoms with Crippen LogP contribution in [0.1, 0.15) is 6.92 Å². The summed E-state index contributed by atoms with van der Waals surface area (Å²) in [4.78, 5) is 0. The second-order valence-corrected chi connectivity index (χ2v) is 3.76. The van der Waals surface area contributed by atoms with Crippen molar-refractivity contribution in [1.29, 1.82) is 5.26 Å². The largest absolute Gasteiger partial charge is 0.394 e. The number of nitrogens with zero attached hydrogens (tertiary/aromatic N) is 1. The lowest BCUT2D eigenvalue weighted by molar-refractivity contribution is 0.0698. The van der Waals surface area contributed by atoms with Crippen molar-refractivity contribution in [3.8, 4) is 5.81 Å². The van der Waals surface area contributed by atoms with Gasteiger partial charge in [-0.15, -0.1) is 0 Å². The van der Waals surface area contributed by atoms with Crippen LogP contribution in [0.3, 0.4) is 0 Å². The van der Waals surface area contributed by atoms with Crippen molar-refractivity contribution in [3.63, 3.8) is 0 Å². The van der Waals surface area contributed by atoms with Gasteiger partial charge in [-0.25, -0.2) is 0 Å². The molecule has 0 aromatic rings. The van der Waals surface area contributed by atoms with Crippen molar-refractivity contribution < 1.29 is 15.3 Å². The monoisotopic (exact) mass is 208 g/mol. The number of aliphatic hydroxyl groups is 3. The van der Waals surface area contributed by atoms with E-state index in [-0.39, 0.29) is 0 Å². The Hall–Kier alpha value is -0.240. The summed E-state index contributed by atoms with van der Waals surface area (Å²) in [5.41, 5.74) is 3.94. The van der Waals surface area contributed by atoms with Crippen LogP contribution in [0.4, 0.5) is 0 Å². The van der Waals surface area contributed by atoms with Crippen LogP contribution in [0.2, 0.25) is 0 Å². The maximum atomic E-state index is 8.34. The van der Waals surface area contributed by atoms with Crippen LogP contribution in [0.5, 0.6) is 0 Å². The third kappa shape index (κ3) is 9.68. The molecule has 0 saturated heterocycles. The van der Waals surface area contributed by atoms with Crippen molar-refractivity contribution in [2.24, 2.45) is 5.73 Å². The van der Waals surface area contributed by atoms with Gasteiger partial charge in [0.2, 0.25) is 0 Å². The Morgan fingerprint density at radius 2 is 1.69 bits per heavy atom. The molecule has 5 N–H and O–H groups in total. The molecule has 0 saturated carbocycles. The standard InChI is InChI=1S/C4H11NO3.C3H6NP/c5-4(1-6,2-7)3-8;1-2-5-3-4/h6-8H,1-3,5H2;5H,2H2,1H3. The second kappa shape index (κ2) is 9.85. The number of aliphatic hydroxyl groups excluding tert-OH is 3. The molecular weight excluding hydrogens is 191 g/mol. The fraction of sp³-hybridized carbons (Fsp3) is 0.857. The summed E-state index contributed by atoms with van der Waals surface area (Å²) in [6.45, 7) is 0.793. The molecule has 1 atom stereocenters. The molecule has 0 aromatic heterocycles. The zero-order chi connectivity index (χ0) is 10.7. The lowest BCUT2D eigenvalue weighted by Gasteiger charge is -2.20. The van der Waals surface area contributed by atoms with Gasteiger partial charge in [0.15, 0.2) is 0 Å². The Morgan fingerprint density at radius 3 is 1.69 bits per heavy atom. The van der Waals surface area contributed by atoms with Gasteiger partial charge in [0, 0.05) is 0 Å². The predicted octanol–water partition coefficient (Wildman–Crippen LogP) is -1.17.